The van der Waals surface area contributed by atoms with Gasteiger partial charge in [-0.2, -0.15) is 13.2 Å². The average molecular weight is 505 g/mol. The summed E-state index contributed by atoms with van der Waals surface area (Å²) in [5.41, 5.74) is 1.59. The third-order valence-electron chi connectivity index (χ3n) is 6.23. The van der Waals surface area contributed by atoms with E-state index in [4.69, 9.17) is 4.74 Å². The number of nitrogens with one attached hydrogen (secondary N) is 1. The molecule has 9 heteroatoms. The number of rotatable bonds is 5. The number of carbonyl (C=O) groups excluding carboxylic acids is 1. The molecule has 37 heavy (non-hydrogen) atoms. The molecule has 1 amide bonds. The Morgan fingerprint density at radius 1 is 1.03 bits per heavy atom. The summed E-state index contributed by atoms with van der Waals surface area (Å²) in [4.78, 5) is 24.8. The molecule has 3 aromatic heterocycles. The van der Waals surface area contributed by atoms with Crippen molar-refractivity contribution in [1.29, 1.82) is 0 Å². The van der Waals surface area contributed by atoms with Crippen molar-refractivity contribution in [3.63, 3.8) is 0 Å². The van der Waals surface area contributed by atoms with Gasteiger partial charge in [-0.3, -0.25) is 9.78 Å². The van der Waals surface area contributed by atoms with Crippen molar-refractivity contribution in [2.75, 3.05) is 0 Å². The highest BCUT2D eigenvalue weighted by Crippen LogP contribution is 2.33. The summed E-state index contributed by atoms with van der Waals surface area (Å²) < 4.78 is 44.4. The molecular weight excluding hydrogens is 481 g/mol. The van der Waals surface area contributed by atoms with E-state index in [1.807, 2.05) is 36.4 Å². The Hall–Kier alpha value is -4.27. The van der Waals surface area contributed by atoms with Crippen LogP contribution in [0, 0.1) is 0 Å². The molecule has 1 N–H and O–H groups in total. The van der Waals surface area contributed by atoms with E-state index in [1.54, 1.807) is 24.5 Å². The van der Waals surface area contributed by atoms with E-state index in [-0.39, 0.29) is 23.7 Å². The van der Waals surface area contributed by atoms with Crippen LogP contribution in [0.15, 0.2) is 78.8 Å². The second-order valence-electron chi connectivity index (χ2n) is 8.85. The number of benzene rings is 1. The standard InChI is InChI=1S/C28H23F3N4O2/c29-28(30,31)21-9-12-25(33-17-21)37-27-24-6-2-1-4-19(24)15-23(35-27)14-18-7-10-22(11-8-18)34-26(36)20-5-3-13-32-16-20/h1-6,9,12-17,22H,7-8,10-11H2,(H,34,36). The first-order valence-electron chi connectivity index (χ1n) is 11.9. The van der Waals surface area contributed by atoms with E-state index in [9.17, 15) is 18.0 Å². The van der Waals surface area contributed by atoms with Gasteiger partial charge in [0.25, 0.3) is 5.91 Å². The summed E-state index contributed by atoms with van der Waals surface area (Å²) in [6.07, 6.45) is 4.71. The molecule has 1 saturated carbocycles. The molecule has 1 aromatic carbocycles. The predicted molar refractivity (Wildman–Crippen MR) is 133 cm³/mol. The van der Waals surface area contributed by atoms with Gasteiger partial charge in [-0.15, -0.1) is 0 Å². The first kappa shape index (κ1) is 24.4. The molecule has 0 bridgehead atoms. The monoisotopic (exact) mass is 504 g/mol. The lowest BCUT2D eigenvalue weighted by molar-refractivity contribution is -0.137. The fraction of sp³-hybridized carbons (Fsp3) is 0.214. The molecule has 0 atom stereocenters. The lowest BCUT2D eigenvalue weighted by atomic mass is 9.90. The van der Waals surface area contributed by atoms with Crippen LogP contribution in [0.25, 0.3) is 16.8 Å². The minimum Gasteiger partial charge on any atom is -0.420 e. The van der Waals surface area contributed by atoms with Crippen molar-refractivity contribution >= 4 is 22.8 Å². The molecule has 0 unspecified atom stereocenters. The first-order chi connectivity index (χ1) is 17.8. The number of ether oxygens (including phenoxy) is 1. The van der Waals surface area contributed by atoms with Crippen molar-refractivity contribution < 1.29 is 22.7 Å². The van der Waals surface area contributed by atoms with Crippen LogP contribution in [0.4, 0.5) is 13.2 Å². The van der Waals surface area contributed by atoms with Crippen LogP contribution in [0.3, 0.4) is 0 Å². The third kappa shape index (κ3) is 5.94. The Balaban J connectivity index is 1.31. The molecule has 5 rings (SSSR count). The molecule has 0 radical (unpaired) electrons. The Morgan fingerprint density at radius 3 is 2.54 bits per heavy atom. The van der Waals surface area contributed by atoms with Crippen molar-refractivity contribution in [2.24, 2.45) is 0 Å². The largest absolute Gasteiger partial charge is 0.420 e. The number of alkyl halides is 3. The van der Waals surface area contributed by atoms with Gasteiger partial charge in [0.15, 0.2) is 0 Å². The van der Waals surface area contributed by atoms with Crippen LogP contribution in [-0.2, 0) is 6.18 Å². The first-order valence-corrected chi connectivity index (χ1v) is 11.9. The maximum Gasteiger partial charge on any atom is 0.417 e. The highest BCUT2D eigenvalue weighted by atomic mass is 19.4. The summed E-state index contributed by atoms with van der Waals surface area (Å²) in [6, 6.07) is 15.1. The quantitative estimate of drug-likeness (QED) is 0.332. The molecule has 0 spiro atoms. The Kier molecular flexibility index (Phi) is 6.85. The highest BCUT2D eigenvalue weighted by Gasteiger charge is 2.30. The summed E-state index contributed by atoms with van der Waals surface area (Å²) in [5, 5.41) is 4.70. The molecule has 0 aliphatic heterocycles. The summed E-state index contributed by atoms with van der Waals surface area (Å²) >= 11 is 0. The number of aromatic nitrogens is 3. The van der Waals surface area contributed by atoms with Crippen LogP contribution in [-0.4, -0.2) is 26.9 Å². The predicted octanol–water partition coefficient (Wildman–Crippen LogP) is 6.59. The molecule has 4 aromatic rings. The van der Waals surface area contributed by atoms with Crippen LogP contribution >= 0.6 is 0 Å². The molecular formula is C28H23F3N4O2. The molecule has 1 fully saturated rings. The number of hydrogen-bond acceptors (Lipinski definition) is 5. The van der Waals surface area contributed by atoms with Gasteiger partial charge in [0.2, 0.25) is 11.8 Å². The van der Waals surface area contributed by atoms with Crippen molar-refractivity contribution in [3.8, 4) is 11.8 Å². The van der Waals surface area contributed by atoms with Gasteiger partial charge in [0.1, 0.15) is 0 Å². The number of amides is 1. The van der Waals surface area contributed by atoms with Crippen LogP contribution in [0.5, 0.6) is 11.8 Å². The summed E-state index contributed by atoms with van der Waals surface area (Å²) in [7, 11) is 0. The number of allylic oxidation sites excluding steroid dienone is 1. The molecule has 0 saturated heterocycles. The van der Waals surface area contributed by atoms with Crippen molar-refractivity contribution in [2.45, 2.75) is 37.9 Å². The Bertz CT molecular complexity index is 1430. The minimum atomic E-state index is -4.47. The molecule has 1 aliphatic carbocycles. The van der Waals surface area contributed by atoms with Gasteiger partial charge in [0.05, 0.1) is 16.8 Å². The van der Waals surface area contributed by atoms with E-state index in [2.05, 4.69) is 20.3 Å². The molecule has 6 nitrogen and oxygen atoms in total. The van der Waals surface area contributed by atoms with Gasteiger partial charge in [-0.1, -0.05) is 23.8 Å². The number of hydrogen-bond donors (Lipinski definition) is 1. The smallest absolute Gasteiger partial charge is 0.417 e. The van der Waals surface area contributed by atoms with Crippen molar-refractivity contribution in [3.05, 3.63) is 95.6 Å². The maximum atomic E-state index is 12.9. The van der Waals surface area contributed by atoms with Gasteiger partial charge >= 0.3 is 6.18 Å². The fourth-order valence-corrected chi connectivity index (χ4v) is 4.30. The molecule has 188 valence electrons. The van der Waals surface area contributed by atoms with E-state index in [0.717, 1.165) is 48.7 Å². The van der Waals surface area contributed by atoms with E-state index in [1.165, 1.54) is 11.6 Å². The van der Waals surface area contributed by atoms with Gasteiger partial charge in [0, 0.05) is 36.1 Å². The number of pyridine rings is 3. The van der Waals surface area contributed by atoms with Crippen LogP contribution in [0.1, 0.15) is 47.3 Å². The maximum absolute atomic E-state index is 12.9. The summed E-state index contributed by atoms with van der Waals surface area (Å²) in [6.45, 7) is 0. The fourth-order valence-electron chi connectivity index (χ4n) is 4.30. The molecule has 1 aliphatic rings. The Morgan fingerprint density at radius 2 is 1.84 bits per heavy atom. The second-order valence-corrected chi connectivity index (χ2v) is 8.85. The zero-order valence-electron chi connectivity index (χ0n) is 19.7. The minimum absolute atomic E-state index is 0.0281. The number of nitrogens with zero attached hydrogens (tertiary/aromatic N) is 3. The van der Waals surface area contributed by atoms with E-state index >= 15 is 0 Å². The van der Waals surface area contributed by atoms with E-state index in [0.29, 0.717) is 11.3 Å². The SMILES string of the molecule is O=C(NC1CCC(=Cc2cc3ccccc3c(Oc3ccc(C(F)(F)F)cn3)n2)CC1)c1cccnc1. The average Bonchev–Trinajstić information content (AvgIpc) is 2.90. The second kappa shape index (κ2) is 10.4. The van der Waals surface area contributed by atoms with Gasteiger partial charge in [-0.05, 0) is 67.5 Å². The molecule has 3 heterocycles. The number of carbonyl (C=O) groups is 1. The van der Waals surface area contributed by atoms with Crippen LogP contribution < -0.4 is 10.1 Å². The summed E-state index contributed by atoms with van der Waals surface area (Å²) in [5.74, 6) is 0.176. The van der Waals surface area contributed by atoms with Crippen LogP contribution in [0.2, 0.25) is 0 Å². The normalized spacial score (nSPS) is 15.9. The highest BCUT2D eigenvalue weighted by molar-refractivity contribution is 5.94. The van der Waals surface area contributed by atoms with E-state index < -0.39 is 11.7 Å². The third-order valence-corrected chi connectivity index (χ3v) is 6.23. The lowest BCUT2D eigenvalue weighted by Crippen LogP contribution is -2.36. The lowest BCUT2D eigenvalue weighted by Gasteiger charge is -2.25. The zero-order chi connectivity index (χ0) is 25.8. The van der Waals surface area contributed by atoms with Gasteiger partial charge < -0.3 is 10.1 Å². The van der Waals surface area contributed by atoms with Gasteiger partial charge in [-0.25, -0.2) is 9.97 Å². The van der Waals surface area contributed by atoms with Crippen molar-refractivity contribution in [1.82, 2.24) is 20.3 Å². The number of fused-ring (bicyclic) bond motifs is 1. The Labute approximate surface area is 211 Å². The zero-order valence-corrected chi connectivity index (χ0v) is 19.7. The number of halogens is 3. The topological polar surface area (TPSA) is 77.0 Å².